The topological polar surface area (TPSA) is 30.8 Å². The third-order valence-electron chi connectivity index (χ3n) is 9.44. The van der Waals surface area contributed by atoms with Crippen LogP contribution in [0.3, 0.4) is 0 Å². The summed E-state index contributed by atoms with van der Waals surface area (Å²) >= 11 is 0. The molecule has 0 N–H and O–H groups in total. The van der Waals surface area contributed by atoms with Gasteiger partial charge in [-0.1, -0.05) is 165 Å². The van der Waals surface area contributed by atoms with Gasteiger partial charge < -0.3 is 9.05 Å². The Labute approximate surface area is 272 Å². The average Bonchev–Trinajstić information content (AvgIpc) is 3.00. The highest BCUT2D eigenvalue weighted by molar-refractivity contribution is 7.59. The molecule has 0 bridgehead atoms. The molecule has 44 heavy (non-hydrogen) atoms. The molecule has 0 fully saturated rings. The van der Waals surface area contributed by atoms with Crippen LogP contribution >= 0.6 is 7.51 Å². The first kappa shape index (κ1) is 36.7. The maximum atomic E-state index is 7.06. The van der Waals surface area contributed by atoms with Gasteiger partial charge in [0.1, 0.15) is 11.5 Å². The minimum absolute atomic E-state index is 0.235. The van der Waals surface area contributed by atoms with Gasteiger partial charge in [-0.25, -0.2) is 4.74 Å². The molecule has 0 unspecified atom stereocenters. The Bertz CT molecular complexity index is 1000. The van der Waals surface area contributed by atoms with Crippen LogP contribution in [0.25, 0.3) is 0 Å². The van der Waals surface area contributed by atoms with Crippen molar-refractivity contribution in [3.63, 3.8) is 0 Å². The molecule has 1 aliphatic heterocycles. The Morgan fingerprint density at radius 2 is 0.727 bits per heavy atom. The maximum Gasteiger partial charge on any atom is 0.320 e. The molecule has 0 atom stereocenters. The summed E-state index contributed by atoms with van der Waals surface area (Å²) < 4.78 is 19.8. The summed E-state index contributed by atoms with van der Waals surface area (Å²) in [6.45, 7) is 9.30. The van der Waals surface area contributed by atoms with Crippen LogP contribution in [-0.4, -0.2) is 10.7 Å². The molecule has 0 radical (unpaired) electrons. The fourth-order valence-corrected chi connectivity index (χ4v) is 9.49. The lowest BCUT2D eigenvalue weighted by molar-refractivity contribution is 0.383. The molecular weight excluding hydrogens is 557 g/mol. The molecule has 1 aliphatic rings. The van der Waals surface area contributed by atoms with Gasteiger partial charge in [-0.15, -0.1) is 0 Å². The second kappa shape index (κ2) is 20.4. The number of rotatable bonds is 4. The van der Waals surface area contributed by atoms with Crippen molar-refractivity contribution in [1.82, 2.24) is 0 Å². The van der Waals surface area contributed by atoms with E-state index in [2.05, 4.69) is 76.2 Å². The van der Waals surface area contributed by atoms with Crippen molar-refractivity contribution in [1.29, 1.82) is 0 Å². The van der Waals surface area contributed by atoms with Gasteiger partial charge in [0.05, 0.1) is 10.7 Å². The van der Waals surface area contributed by atoms with E-state index in [1.165, 1.54) is 128 Å². The summed E-state index contributed by atoms with van der Waals surface area (Å²) in [4.78, 5) is 0. The number of para-hydroxylation sites is 2. The van der Waals surface area contributed by atoms with Gasteiger partial charge in [0.15, 0.2) is 0 Å². The molecule has 0 aliphatic carbocycles. The van der Waals surface area contributed by atoms with Crippen molar-refractivity contribution in [2.24, 2.45) is 4.74 Å². The molecule has 248 valence electrons. The quantitative estimate of drug-likeness (QED) is 0.317. The summed E-state index contributed by atoms with van der Waals surface area (Å²) in [5, 5.41) is -0.235. The van der Waals surface area contributed by atoms with Crippen LogP contribution in [0.15, 0.2) is 65.4 Å². The van der Waals surface area contributed by atoms with E-state index in [9.17, 15) is 0 Å². The number of nitrogens with zero attached hydrogens (tertiary/aromatic N) is 1. The third kappa shape index (κ3) is 14.1. The minimum Gasteiger partial charge on any atom is -0.430 e. The standard InChI is InChI=1S/C40H66NO2P/c1-39(2)35-29-21-19-17-15-13-11-9-7-5-6-8-10-12-14-16-18-20-22-30-36-40(3,4)44(41-39,42-37-31-25-23-26-32-37)43-38-33-27-24-28-34-38/h23-28,31-34H,5-22,29-30,35-36H2,1-4H3. The molecule has 0 saturated heterocycles. The van der Waals surface area contributed by atoms with E-state index in [4.69, 9.17) is 13.8 Å². The van der Waals surface area contributed by atoms with E-state index in [1.807, 2.05) is 12.1 Å². The van der Waals surface area contributed by atoms with Gasteiger partial charge in [0.25, 0.3) is 0 Å². The number of hydrogen-bond donors (Lipinski definition) is 0. The zero-order valence-corrected chi connectivity index (χ0v) is 29.9. The van der Waals surface area contributed by atoms with Gasteiger partial charge in [-0.2, -0.15) is 0 Å². The van der Waals surface area contributed by atoms with Crippen LogP contribution in [0, 0.1) is 0 Å². The second-order valence-corrected chi connectivity index (χ2v) is 17.4. The molecule has 4 heteroatoms. The van der Waals surface area contributed by atoms with Gasteiger partial charge in [-0.05, 0) is 64.8 Å². The smallest absolute Gasteiger partial charge is 0.320 e. The Morgan fingerprint density at radius 3 is 1.07 bits per heavy atom. The molecule has 2 aromatic rings. The predicted octanol–water partition coefficient (Wildman–Crippen LogP) is 14.3. The van der Waals surface area contributed by atoms with E-state index in [0.29, 0.717) is 0 Å². The zero-order chi connectivity index (χ0) is 31.4. The summed E-state index contributed by atoms with van der Waals surface area (Å²) in [6, 6.07) is 20.5. The van der Waals surface area contributed by atoms with E-state index >= 15 is 0 Å². The molecule has 3 nitrogen and oxygen atoms in total. The van der Waals surface area contributed by atoms with E-state index in [1.54, 1.807) is 0 Å². The molecular formula is C40H66NO2P. The Balaban J connectivity index is 1.81. The molecule has 3 rings (SSSR count). The van der Waals surface area contributed by atoms with Gasteiger partial charge in [0, 0.05) is 0 Å². The molecule has 0 aromatic heterocycles. The summed E-state index contributed by atoms with van der Waals surface area (Å²) in [7, 11) is -2.79. The van der Waals surface area contributed by atoms with Crippen molar-refractivity contribution >= 4 is 7.51 Å². The van der Waals surface area contributed by atoms with Crippen LogP contribution in [0.5, 0.6) is 11.5 Å². The SMILES string of the molecule is CC1(C)CCCCCCCCCCCCCCCCCCCCCCC(C)(C)P(Oc2ccccc2)(Oc2ccccc2)=N1. The average molecular weight is 624 g/mol. The van der Waals surface area contributed by atoms with Gasteiger partial charge >= 0.3 is 7.51 Å². The van der Waals surface area contributed by atoms with Crippen LogP contribution in [0.1, 0.15) is 169 Å². The largest absolute Gasteiger partial charge is 0.430 e. The fraction of sp³-hybridized carbons (Fsp3) is 0.700. The summed E-state index contributed by atoms with van der Waals surface area (Å²) in [6.07, 6.45) is 29.5. The monoisotopic (exact) mass is 623 g/mol. The first-order valence-electron chi connectivity index (χ1n) is 18.4. The Morgan fingerprint density at radius 1 is 0.432 bits per heavy atom. The number of hydrogen-bond acceptors (Lipinski definition) is 3. The van der Waals surface area contributed by atoms with E-state index in [0.717, 1.165) is 24.3 Å². The van der Waals surface area contributed by atoms with Crippen molar-refractivity contribution in [3.8, 4) is 11.5 Å². The Kier molecular flexibility index (Phi) is 17.0. The minimum atomic E-state index is -2.79. The molecule has 2 aromatic carbocycles. The van der Waals surface area contributed by atoms with Crippen LogP contribution in [0.4, 0.5) is 0 Å². The summed E-state index contributed by atoms with van der Waals surface area (Å²) in [5.74, 6) is 1.70. The highest BCUT2D eigenvalue weighted by Crippen LogP contribution is 2.65. The molecule has 0 saturated carbocycles. The molecule has 0 spiro atoms. The van der Waals surface area contributed by atoms with Crippen molar-refractivity contribution < 1.29 is 9.05 Å². The van der Waals surface area contributed by atoms with Crippen molar-refractivity contribution in [2.45, 2.75) is 180 Å². The highest BCUT2D eigenvalue weighted by Gasteiger charge is 2.45. The van der Waals surface area contributed by atoms with Crippen LogP contribution in [-0.2, 0) is 0 Å². The lowest BCUT2D eigenvalue weighted by Gasteiger charge is -2.40. The molecule has 1 heterocycles. The highest BCUT2D eigenvalue weighted by atomic mass is 31.2. The lowest BCUT2D eigenvalue weighted by atomic mass is 9.97. The predicted molar refractivity (Wildman–Crippen MR) is 193 cm³/mol. The Hall–Kier alpha value is -1.73. The van der Waals surface area contributed by atoms with E-state index < -0.39 is 7.51 Å². The first-order valence-corrected chi connectivity index (χ1v) is 20.0. The second-order valence-electron chi connectivity index (χ2n) is 14.6. The lowest BCUT2D eigenvalue weighted by Crippen LogP contribution is -2.30. The normalized spacial score (nSPS) is 22.2. The van der Waals surface area contributed by atoms with Gasteiger partial charge in [-0.3, -0.25) is 0 Å². The molecule has 0 amide bonds. The maximum absolute atomic E-state index is 7.06. The fourth-order valence-electron chi connectivity index (χ4n) is 6.54. The first-order chi connectivity index (χ1) is 21.3. The zero-order valence-electron chi connectivity index (χ0n) is 29.0. The van der Waals surface area contributed by atoms with Crippen molar-refractivity contribution in [3.05, 3.63) is 60.7 Å². The third-order valence-corrected chi connectivity index (χ3v) is 12.9. The van der Waals surface area contributed by atoms with Crippen LogP contribution < -0.4 is 9.05 Å². The van der Waals surface area contributed by atoms with Gasteiger partial charge in [0.2, 0.25) is 0 Å². The van der Waals surface area contributed by atoms with Crippen LogP contribution in [0.2, 0.25) is 0 Å². The number of benzene rings is 2. The van der Waals surface area contributed by atoms with E-state index in [-0.39, 0.29) is 10.7 Å². The summed E-state index contributed by atoms with van der Waals surface area (Å²) in [5.41, 5.74) is -0.237. The van der Waals surface area contributed by atoms with Crippen molar-refractivity contribution in [2.75, 3.05) is 0 Å².